The second kappa shape index (κ2) is 9.81. The lowest BCUT2D eigenvalue weighted by Crippen LogP contribution is -2.80. The summed E-state index contributed by atoms with van der Waals surface area (Å²) in [5.74, 6) is -4.37. The Labute approximate surface area is 201 Å². The van der Waals surface area contributed by atoms with Crippen LogP contribution in [0.25, 0.3) is 0 Å². The standard InChI is InChI=1S/C27H24O8/c1-18(29)26(34,23(31)20-13-7-3-8-14-20)27(35,24(32)21-15-9-4-10-16-21)25(33,17-28)22(30)19-11-5-2-6-12-19/h2-18,29,33-35H,1H3/t18-,25+,26+,27-/m0/s1. The predicted molar refractivity (Wildman–Crippen MR) is 125 cm³/mol. The van der Waals surface area contributed by atoms with Gasteiger partial charge >= 0.3 is 0 Å². The van der Waals surface area contributed by atoms with Crippen LogP contribution in [0.1, 0.15) is 38.0 Å². The number of aldehydes is 1. The molecule has 35 heavy (non-hydrogen) atoms. The largest absolute Gasteiger partial charge is 0.390 e. The molecule has 3 aromatic carbocycles. The Bertz CT molecular complexity index is 1230. The van der Waals surface area contributed by atoms with Crippen LogP contribution in [0.15, 0.2) is 91.0 Å². The van der Waals surface area contributed by atoms with Crippen LogP contribution in [0.3, 0.4) is 0 Å². The summed E-state index contributed by atoms with van der Waals surface area (Å²) in [6, 6.07) is 20.4. The molecule has 4 N–H and O–H groups in total. The number of carbonyl (C=O) groups is 4. The van der Waals surface area contributed by atoms with E-state index in [4.69, 9.17) is 0 Å². The molecule has 0 bridgehead atoms. The third kappa shape index (κ3) is 4.02. The quantitative estimate of drug-likeness (QED) is 0.195. The van der Waals surface area contributed by atoms with Gasteiger partial charge in [0.1, 0.15) is 0 Å². The summed E-state index contributed by atoms with van der Waals surface area (Å²) in [7, 11) is 0. The minimum Gasteiger partial charge on any atom is -0.390 e. The Morgan fingerprint density at radius 1 is 0.657 bits per heavy atom. The van der Waals surface area contributed by atoms with Crippen LogP contribution in [0.2, 0.25) is 0 Å². The summed E-state index contributed by atoms with van der Waals surface area (Å²) < 4.78 is 0. The molecular formula is C27H24O8. The Kier molecular flexibility index (Phi) is 7.23. The smallest absolute Gasteiger partial charge is 0.222 e. The van der Waals surface area contributed by atoms with E-state index in [2.05, 4.69) is 0 Å². The summed E-state index contributed by atoms with van der Waals surface area (Å²) >= 11 is 0. The molecule has 0 aliphatic heterocycles. The van der Waals surface area contributed by atoms with Crippen LogP contribution < -0.4 is 0 Å². The van der Waals surface area contributed by atoms with E-state index in [0.717, 1.165) is 6.92 Å². The Hall–Kier alpha value is -3.82. The van der Waals surface area contributed by atoms with Gasteiger partial charge in [-0.1, -0.05) is 91.0 Å². The highest BCUT2D eigenvalue weighted by Crippen LogP contribution is 2.41. The molecule has 0 spiro atoms. The third-order valence-corrected chi connectivity index (χ3v) is 6.01. The number of aliphatic hydroxyl groups is 4. The molecular weight excluding hydrogens is 452 g/mol. The van der Waals surface area contributed by atoms with Crippen molar-refractivity contribution in [1.29, 1.82) is 0 Å². The molecule has 8 heteroatoms. The lowest BCUT2D eigenvalue weighted by Gasteiger charge is -2.48. The van der Waals surface area contributed by atoms with E-state index in [1.54, 1.807) is 12.1 Å². The van der Waals surface area contributed by atoms with Crippen molar-refractivity contribution < 1.29 is 39.6 Å². The molecule has 0 radical (unpaired) electrons. The van der Waals surface area contributed by atoms with Crippen molar-refractivity contribution in [1.82, 2.24) is 0 Å². The fraction of sp³-hybridized carbons (Fsp3) is 0.185. The van der Waals surface area contributed by atoms with Crippen molar-refractivity contribution in [2.24, 2.45) is 0 Å². The summed E-state index contributed by atoms with van der Waals surface area (Å²) in [6.45, 7) is 0.891. The van der Waals surface area contributed by atoms with E-state index in [-0.39, 0.29) is 16.7 Å². The van der Waals surface area contributed by atoms with E-state index in [1.807, 2.05) is 0 Å². The van der Waals surface area contributed by atoms with E-state index in [9.17, 15) is 39.6 Å². The SMILES string of the molecule is C[C@H](O)[C@@](O)(C(=O)c1ccccc1)[C@](O)(C(=O)c1ccccc1)[C@@](O)(C=O)C(=O)c1ccccc1. The number of carbonyl (C=O) groups excluding carboxylic acids is 4. The molecule has 3 aromatic rings. The third-order valence-electron chi connectivity index (χ3n) is 6.01. The van der Waals surface area contributed by atoms with Crippen molar-refractivity contribution in [3.63, 3.8) is 0 Å². The molecule has 4 atom stereocenters. The van der Waals surface area contributed by atoms with Crippen LogP contribution >= 0.6 is 0 Å². The summed E-state index contributed by atoms with van der Waals surface area (Å²) in [6.07, 6.45) is -2.64. The van der Waals surface area contributed by atoms with Crippen LogP contribution in [0.5, 0.6) is 0 Å². The topological polar surface area (TPSA) is 149 Å². The molecule has 0 amide bonds. The van der Waals surface area contributed by atoms with Crippen molar-refractivity contribution in [3.8, 4) is 0 Å². The summed E-state index contributed by atoms with van der Waals surface area (Å²) in [5.41, 5.74) is -12.0. The first-order valence-electron chi connectivity index (χ1n) is 10.7. The lowest BCUT2D eigenvalue weighted by molar-refractivity contribution is -0.202. The summed E-state index contributed by atoms with van der Waals surface area (Å²) in [5, 5.41) is 45.7. The molecule has 0 saturated heterocycles. The minimum absolute atomic E-state index is 0.254. The van der Waals surface area contributed by atoms with Crippen molar-refractivity contribution >= 4 is 23.6 Å². The molecule has 3 rings (SSSR count). The molecule has 0 saturated carbocycles. The molecule has 0 aromatic heterocycles. The fourth-order valence-corrected chi connectivity index (χ4v) is 4.01. The van der Waals surface area contributed by atoms with Crippen molar-refractivity contribution in [2.45, 2.75) is 29.8 Å². The zero-order valence-corrected chi connectivity index (χ0v) is 18.7. The highest BCUT2D eigenvalue weighted by Gasteiger charge is 2.74. The van der Waals surface area contributed by atoms with Gasteiger partial charge in [0.15, 0.2) is 11.9 Å². The second-order valence-corrected chi connectivity index (χ2v) is 8.12. The minimum atomic E-state index is -3.85. The number of Topliss-reactive ketones (excluding diaryl/α,β-unsaturated/α-hetero) is 3. The van der Waals surface area contributed by atoms with Crippen molar-refractivity contribution in [2.75, 3.05) is 0 Å². The average Bonchev–Trinajstić information content (AvgIpc) is 2.91. The molecule has 0 aliphatic rings. The summed E-state index contributed by atoms with van der Waals surface area (Å²) in [4.78, 5) is 53.1. The Morgan fingerprint density at radius 3 is 1.34 bits per heavy atom. The van der Waals surface area contributed by atoms with Crippen LogP contribution in [-0.2, 0) is 4.79 Å². The first-order chi connectivity index (χ1) is 16.6. The maximum Gasteiger partial charge on any atom is 0.222 e. The van der Waals surface area contributed by atoms with Crippen LogP contribution in [0, 0.1) is 0 Å². The maximum atomic E-state index is 13.8. The fourth-order valence-electron chi connectivity index (χ4n) is 4.01. The van der Waals surface area contributed by atoms with Crippen LogP contribution in [-0.4, -0.2) is 67.0 Å². The normalized spacial score (nSPS) is 17.2. The Balaban J connectivity index is 2.38. The van der Waals surface area contributed by atoms with Gasteiger partial charge in [-0.05, 0) is 6.92 Å². The highest BCUT2D eigenvalue weighted by atomic mass is 16.4. The number of ketones is 3. The highest BCUT2D eigenvalue weighted by molar-refractivity contribution is 6.22. The van der Waals surface area contributed by atoms with Gasteiger partial charge in [-0.25, -0.2) is 0 Å². The van der Waals surface area contributed by atoms with Gasteiger partial charge < -0.3 is 20.4 Å². The van der Waals surface area contributed by atoms with Crippen LogP contribution in [0.4, 0.5) is 0 Å². The van der Waals surface area contributed by atoms with Gasteiger partial charge in [0.25, 0.3) is 0 Å². The first kappa shape index (κ1) is 25.8. The van der Waals surface area contributed by atoms with Gasteiger partial charge in [0.2, 0.25) is 28.6 Å². The van der Waals surface area contributed by atoms with E-state index < -0.39 is 46.5 Å². The average molecular weight is 476 g/mol. The van der Waals surface area contributed by atoms with E-state index in [1.165, 1.54) is 78.9 Å². The van der Waals surface area contributed by atoms with Gasteiger partial charge in [-0.15, -0.1) is 0 Å². The van der Waals surface area contributed by atoms with E-state index in [0.29, 0.717) is 0 Å². The van der Waals surface area contributed by atoms with Gasteiger partial charge in [0, 0.05) is 16.7 Å². The van der Waals surface area contributed by atoms with Gasteiger partial charge in [0.05, 0.1) is 6.10 Å². The Morgan fingerprint density at radius 2 is 1.00 bits per heavy atom. The predicted octanol–water partition coefficient (Wildman–Crippen LogP) is 1.41. The van der Waals surface area contributed by atoms with Gasteiger partial charge in [-0.3, -0.25) is 19.2 Å². The molecule has 8 nitrogen and oxygen atoms in total. The lowest BCUT2D eigenvalue weighted by atomic mass is 9.61. The number of aliphatic hydroxyl groups excluding tert-OH is 1. The number of hydrogen-bond donors (Lipinski definition) is 4. The van der Waals surface area contributed by atoms with E-state index >= 15 is 0 Å². The molecule has 0 heterocycles. The maximum absolute atomic E-state index is 13.8. The molecule has 180 valence electrons. The number of benzene rings is 3. The first-order valence-corrected chi connectivity index (χ1v) is 10.7. The number of hydrogen-bond acceptors (Lipinski definition) is 8. The molecule has 0 unspecified atom stereocenters. The second-order valence-electron chi connectivity index (χ2n) is 8.12. The molecule has 0 fully saturated rings. The number of rotatable bonds is 10. The van der Waals surface area contributed by atoms with Crippen molar-refractivity contribution in [3.05, 3.63) is 108 Å². The zero-order chi connectivity index (χ0) is 25.9. The zero-order valence-electron chi connectivity index (χ0n) is 18.7. The monoisotopic (exact) mass is 476 g/mol. The molecule has 0 aliphatic carbocycles. The van der Waals surface area contributed by atoms with Gasteiger partial charge in [-0.2, -0.15) is 0 Å².